The van der Waals surface area contributed by atoms with Gasteiger partial charge in [0.2, 0.25) is 5.91 Å². The summed E-state index contributed by atoms with van der Waals surface area (Å²) in [5.74, 6) is 0.219. The molecule has 0 saturated heterocycles. The number of benzene rings is 3. The van der Waals surface area contributed by atoms with E-state index in [-0.39, 0.29) is 5.91 Å². The zero-order valence-corrected chi connectivity index (χ0v) is 17.9. The van der Waals surface area contributed by atoms with Gasteiger partial charge >= 0.3 is 0 Å². The van der Waals surface area contributed by atoms with Crippen LogP contribution in [0.25, 0.3) is 10.8 Å². The van der Waals surface area contributed by atoms with Crippen molar-refractivity contribution in [3.63, 3.8) is 0 Å². The van der Waals surface area contributed by atoms with Gasteiger partial charge in [0.1, 0.15) is 0 Å². The summed E-state index contributed by atoms with van der Waals surface area (Å²) in [4.78, 5) is 13.3. The number of hydrogen-bond donors (Lipinski definition) is 1. The normalized spacial score (nSPS) is 11.6. The minimum atomic E-state index is -0.111. The topological polar surface area (TPSA) is 41.5 Å². The van der Waals surface area contributed by atoms with Crippen molar-refractivity contribution in [2.75, 3.05) is 5.75 Å². The molecule has 5 heteroatoms. The predicted molar refractivity (Wildman–Crippen MR) is 119 cm³/mol. The van der Waals surface area contributed by atoms with Crippen molar-refractivity contribution >= 4 is 50.1 Å². The van der Waals surface area contributed by atoms with Crippen LogP contribution in [0, 0.1) is 13.8 Å². The van der Waals surface area contributed by atoms with E-state index in [0.717, 1.165) is 37.2 Å². The number of aryl methyl sites for hydroxylation is 2. The van der Waals surface area contributed by atoms with Gasteiger partial charge in [0, 0.05) is 9.37 Å². The third-order valence-corrected chi connectivity index (χ3v) is 6.34. The fraction of sp³-hybridized carbons (Fsp3) is 0.182. The van der Waals surface area contributed by atoms with E-state index in [1.165, 1.54) is 17.1 Å². The summed E-state index contributed by atoms with van der Waals surface area (Å²) in [6.45, 7) is 6.00. The number of carbonyl (C=O) groups is 1. The molecule has 3 aromatic carbocycles. The second-order valence-corrected chi connectivity index (χ2v) is 8.32. The lowest BCUT2D eigenvalue weighted by Gasteiger charge is -2.08. The van der Waals surface area contributed by atoms with Crippen LogP contribution in [0.15, 0.2) is 69.1 Å². The third kappa shape index (κ3) is 4.99. The van der Waals surface area contributed by atoms with E-state index in [2.05, 4.69) is 62.9 Å². The number of nitrogens with one attached hydrogen (secondary N) is 1. The van der Waals surface area contributed by atoms with Gasteiger partial charge in [-0.2, -0.15) is 5.10 Å². The Bertz CT molecular complexity index is 1030. The standard InChI is InChI=1S/C22H21BrN2OS/c1-14-11-21(15(2)10-20(14)23)27-13-22(26)25-24-16(3)18-9-8-17-6-4-5-7-19(17)12-18/h4-12H,13H2,1-3H3,(H,25,26)/b24-16+. The van der Waals surface area contributed by atoms with Crippen molar-refractivity contribution in [1.82, 2.24) is 5.43 Å². The number of thioether (sulfide) groups is 1. The average Bonchev–Trinajstić information content (AvgIpc) is 2.67. The Hall–Kier alpha value is -2.11. The molecule has 0 aliphatic heterocycles. The van der Waals surface area contributed by atoms with Crippen molar-refractivity contribution in [2.24, 2.45) is 5.10 Å². The molecule has 0 aliphatic rings. The van der Waals surface area contributed by atoms with Crippen molar-refractivity contribution in [2.45, 2.75) is 25.7 Å². The van der Waals surface area contributed by atoms with E-state index in [1.54, 1.807) is 0 Å². The second kappa shape index (κ2) is 8.72. The van der Waals surface area contributed by atoms with Gasteiger partial charge < -0.3 is 0 Å². The Morgan fingerprint density at radius 2 is 1.78 bits per heavy atom. The van der Waals surface area contributed by atoms with E-state index < -0.39 is 0 Å². The van der Waals surface area contributed by atoms with Crippen LogP contribution in [-0.4, -0.2) is 17.4 Å². The first-order chi connectivity index (χ1) is 12.9. The van der Waals surface area contributed by atoms with Crippen LogP contribution >= 0.6 is 27.7 Å². The van der Waals surface area contributed by atoms with Gasteiger partial charge in [-0.1, -0.05) is 52.3 Å². The van der Waals surface area contributed by atoms with Gasteiger partial charge in [0.05, 0.1) is 11.5 Å². The second-order valence-electron chi connectivity index (χ2n) is 6.45. The van der Waals surface area contributed by atoms with Crippen molar-refractivity contribution in [3.05, 3.63) is 75.8 Å². The lowest BCUT2D eigenvalue weighted by atomic mass is 10.0. The SMILES string of the molecule is C/C(=N\NC(=O)CSc1cc(C)c(Br)cc1C)c1ccc2ccccc2c1. The Morgan fingerprint density at radius 3 is 2.56 bits per heavy atom. The highest BCUT2D eigenvalue weighted by Gasteiger charge is 2.07. The Labute approximate surface area is 172 Å². The van der Waals surface area contributed by atoms with Gasteiger partial charge in [0.15, 0.2) is 0 Å². The van der Waals surface area contributed by atoms with Crippen LogP contribution in [0.1, 0.15) is 23.6 Å². The van der Waals surface area contributed by atoms with Crippen LogP contribution in [-0.2, 0) is 4.79 Å². The largest absolute Gasteiger partial charge is 0.272 e. The van der Waals surface area contributed by atoms with Crippen molar-refractivity contribution < 1.29 is 4.79 Å². The number of hydrogen-bond acceptors (Lipinski definition) is 3. The number of hydrazone groups is 1. The molecule has 3 rings (SSSR count). The van der Waals surface area contributed by atoms with Gasteiger partial charge in [-0.15, -0.1) is 11.8 Å². The quantitative estimate of drug-likeness (QED) is 0.307. The summed E-state index contributed by atoms with van der Waals surface area (Å²) in [6.07, 6.45) is 0. The molecule has 3 nitrogen and oxygen atoms in total. The van der Waals surface area contributed by atoms with Crippen molar-refractivity contribution in [3.8, 4) is 0 Å². The predicted octanol–water partition coefficient (Wildman–Crippen LogP) is 5.85. The van der Waals surface area contributed by atoms with Crippen LogP contribution in [0.4, 0.5) is 0 Å². The van der Waals surface area contributed by atoms with Crippen LogP contribution < -0.4 is 5.43 Å². The highest BCUT2D eigenvalue weighted by molar-refractivity contribution is 9.10. The fourth-order valence-corrected chi connectivity index (χ4v) is 4.07. The summed E-state index contributed by atoms with van der Waals surface area (Å²) in [5.41, 5.74) is 6.77. The molecule has 0 aliphatic carbocycles. The summed E-state index contributed by atoms with van der Waals surface area (Å²) in [7, 11) is 0. The maximum atomic E-state index is 12.2. The van der Waals surface area contributed by atoms with Crippen molar-refractivity contribution in [1.29, 1.82) is 0 Å². The molecule has 3 aromatic rings. The highest BCUT2D eigenvalue weighted by atomic mass is 79.9. The molecule has 0 heterocycles. The molecule has 0 bridgehead atoms. The molecule has 0 aromatic heterocycles. The maximum Gasteiger partial charge on any atom is 0.250 e. The Morgan fingerprint density at radius 1 is 1.04 bits per heavy atom. The molecule has 0 saturated carbocycles. The van der Waals surface area contributed by atoms with Gasteiger partial charge in [-0.25, -0.2) is 5.43 Å². The average molecular weight is 441 g/mol. The highest BCUT2D eigenvalue weighted by Crippen LogP contribution is 2.28. The first-order valence-corrected chi connectivity index (χ1v) is 10.4. The molecule has 0 fully saturated rings. The first kappa shape index (κ1) is 19.6. The number of fused-ring (bicyclic) bond motifs is 1. The van der Waals surface area contributed by atoms with E-state index in [9.17, 15) is 4.79 Å². The van der Waals surface area contributed by atoms with E-state index >= 15 is 0 Å². The van der Waals surface area contributed by atoms with Gasteiger partial charge in [-0.05, 0) is 66.4 Å². The zero-order valence-electron chi connectivity index (χ0n) is 15.5. The smallest absolute Gasteiger partial charge is 0.250 e. The summed E-state index contributed by atoms with van der Waals surface area (Å²) in [5, 5.41) is 6.61. The number of nitrogens with zero attached hydrogens (tertiary/aromatic N) is 1. The summed E-state index contributed by atoms with van der Waals surface area (Å²) < 4.78 is 1.09. The van der Waals surface area contributed by atoms with E-state index in [1.807, 2.05) is 39.0 Å². The zero-order chi connectivity index (χ0) is 19.4. The first-order valence-electron chi connectivity index (χ1n) is 8.66. The molecule has 1 N–H and O–H groups in total. The Balaban J connectivity index is 1.62. The molecular weight excluding hydrogens is 420 g/mol. The minimum Gasteiger partial charge on any atom is -0.272 e. The van der Waals surface area contributed by atoms with Crippen LogP contribution in [0.3, 0.4) is 0 Å². The molecule has 0 atom stereocenters. The number of carbonyl (C=O) groups excluding carboxylic acids is 1. The molecular formula is C22H21BrN2OS. The molecule has 27 heavy (non-hydrogen) atoms. The summed E-state index contributed by atoms with van der Waals surface area (Å²) >= 11 is 5.06. The number of amides is 1. The fourth-order valence-electron chi connectivity index (χ4n) is 2.71. The van der Waals surface area contributed by atoms with Crippen LogP contribution in [0.2, 0.25) is 0 Å². The number of rotatable bonds is 5. The monoisotopic (exact) mass is 440 g/mol. The Kier molecular flexibility index (Phi) is 6.34. The molecule has 0 radical (unpaired) electrons. The van der Waals surface area contributed by atoms with Crippen LogP contribution in [0.5, 0.6) is 0 Å². The maximum absolute atomic E-state index is 12.2. The van der Waals surface area contributed by atoms with E-state index in [0.29, 0.717) is 5.75 Å². The van der Waals surface area contributed by atoms with Gasteiger partial charge in [-0.3, -0.25) is 4.79 Å². The molecule has 0 unspecified atom stereocenters. The lowest BCUT2D eigenvalue weighted by Crippen LogP contribution is -2.21. The lowest BCUT2D eigenvalue weighted by molar-refractivity contribution is -0.118. The van der Waals surface area contributed by atoms with Gasteiger partial charge in [0.25, 0.3) is 0 Å². The summed E-state index contributed by atoms with van der Waals surface area (Å²) in [6, 6.07) is 18.6. The van der Waals surface area contributed by atoms with E-state index in [4.69, 9.17) is 0 Å². The third-order valence-electron chi connectivity index (χ3n) is 4.33. The molecule has 1 amide bonds. The minimum absolute atomic E-state index is 0.111. The molecule has 0 spiro atoms. The number of halogens is 1. The molecule has 138 valence electrons.